The second-order valence-electron chi connectivity index (χ2n) is 4.91. The number of hydrogen-bond acceptors (Lipinski definition) is 3. The summed E-state index contributed by atoms with van der Waals surface area (Å²) in [5, 5.41) is 3.26. The summed E-state index contributed by atoms with van der Waals surface area (Å²) in [5.41, 5.74) is 0.953. The number of hydrogen-bond donors (Lipinski definition) is 2. The molecule has 3 rings (SSSR count). The van der Waals surface area contributed by atoms with Crippen molar-refractivity contribution < 1.29 is 4.79 Å². The van der Waals surface area contributed by atoms with E-state index in [-0.39, 0.29) is 28.6 Å². The molecule has 1 atom stereocenters. The van der Waals surface area contributed by atoms with Crippen molar-refractivity contribution in [2.75, 3.05) is 5.32 Å². The average molecular weight is 322 g/mol. The van der Waals surface area contributed by atoms with Gasteiger partial charge in [0.05, 0.1) is 5.56 Å². The van der Waals surface area contributed by atoms with Crippen LogP contribution in [0, 0.1) is 4.77 Å². The van der Waals surface area contributed by atoms with Gasteiger partial charge in [0, 0.05) is 24.4 Å². The maximum absolute atomic E-state index is 12.3. The van der Waals surface area contributed by atoms with Crippen LogP contribution in [0.4, 0.5) is 5.82 Å². The lowest BCUT2D eigenvalue weighted by Crippen LogP contribution is -2.33. The minimum Gasteiger partial charge on any atom is -0.312 e. The molecule has 0 radical (unpaired) electrons. The molecule has 1 aromatic carbocycles. The number of nitrogens with one attached hydrogen (secondary N) is 2. The summed E-state index contributed by atoms with van der Waals surface area (Å²) in [6.07, 6.45) is 0.177. The summed E-state index contributed by atoms with van der Waals surface area (Å²) in [7, 11) is 1.70. The van der Waals surface area contributed by atoms with Crippen molar-refractivity contribution in [3.63, 3.8) is 0 Å². The van der Waals surface area contributed by atoms with E-state index in [0.29, 0.717) is 16.4 Å². The van der Waals surface area contributed by atoms with E-state index >= 15 is 0 Å². The highest BCUT2D eigenvalue weighted by Crippen LogP contribution is 2.37. The number of fused-ring (bicyclic) bond motifs is 1. The molecular formula is C14H12ClN3O2S. The largest absolute Gasteiger partial charge is 0.312 e. The van der Waals surface area contributed by atoms with Crippen molar-refractivity contribution in [2.24, 2.45) is 7.05 Å². The van der Waals surface area contributed by atoms with Crippen LogP contribution < -0.4 is 10.9 Å². The monoisotopic (exact) mass is 321 g/mol. The van der Waals surface area contributed by atoms with Crippen molar-refractivity contribution in [3.05, 3.63) is 55.5 Å². The maximum Gasteiger partial charge on any atom is 0.257 e. The molecular weight excluding hydrogens is 310 g/mol. The Bertz CT molecular complexity index is 856. The van der Waals surface area contributed by atoms with Gasteiger partial charge in [0.1, 0.15) is 5.82 Å². The van der Waals surface area contributed by atoms with Gasteiger partial charge < -0.3 is 9.88 Å². The first-order valence-electron chi connectivity index (χ1n) is 6.36. The van der Waals surface area contributed by atoms with Gasteiger partial charge in [-0.3, -0.25) is 14.6 Å². The summed E-state index contributed by atoms with van der Waals surface area (Å²) in [6, 6.07) is 7.23. The van der Waals surface area contributed by atoms with Gasteiger partial charge in [-0.05, 0) is 23.8 Å². The van der Waals surface area contributed by atoms with Gasteiger partial charge >= 0.3 is 0 Å². The highest BCUT2D eigenvalue weighted by Gasteiger charge is 2.31. The highest BCUT2D eigenvalue weighted by atomic mass is 35.5. The molecule has 1 aliphatic heterocycles. The van der Waals surface area contributed by atoms with Crippen LogP contribution in [0.15, 0.2) is 29.1 Å². The van der Waals surface area contributed by atoms with Crippen molar-refractivity contribution in [1.29, 1.82) is 0 Å². The van der Waals surface area contributed by atoms with Crippen LogP contribution in [0.5, 0.6) is 0 Å². The molecule has 1 unspecified atom stereocenters. The van der Waals surface area contributed by atoms with Gasteiger partial charge in [0.2, 0.25) is 5.91 Å². The number of benzene rings is 1. The van der Waals surface area contributed by atoms with Crippen molar-refractivity contribution >= 4 is 35.5 Å². The molecule has 1 amide bonds. The normalized spacial score (nSPS) is 17.2. The third-order valence-electron chi connectivity index (χ3n) is 3.64. The number of anilines is 1. The van der Waals surface area contributed by atoms with Crippen LogP contribution in [0.25, 0.3) is 0 Å². The summed E-state index contributed by atoms with van der Waals surface area (Å²) >= 11 is 11.3. The Hall–Kier alpha value is -1.92. The Morgan fingerprint density at radius 2 is 2.05 bits per heavy atom. The smallest absolute Gasteiger partial charge is 0.257 e. The minimum absolute atomic E-state index is 0.164. The third kappa shape index (κ3) is 2.30. The number of H-pyrrole nitrogens is 1. The molecule has 2 heterocycles. The molecule has 1 aromatic heterocycles. The third-order valence-corrected chi connectivity index (χ3v) is 4.36. The molecule has 0 saturated carbocycles. The standard InChI is InChI=1S/C14H12ClN3O2S/c1-18-12-11(13(20)17-14(18)21)8(6-10(19)16-12)7-4-2-3-5-9(7)15/h2-5,8H,6H2,1H3,(H,16,19)(H,17,20,21). The molecule has 1 aliphatic rings. The molecule has 0 aliphatic carbocycles. The fraction of sp³-hybridized carbons (Fsp3) is 0.214. The van der Waals surface area contributed by atoms with Crippen molar-refractivity contribution in [1.82, 2.24) is 9.55 Å². The zero-order valence-electron chi connectivity index (χ0n) is 11.1. The number of nitrogens with zero attached hydrogens (tertiary/aromatic N) is 1. The summed E-state index contributed by atoms with van der Waals surface area (Å²) in [6.45, 7) is 0. The number of carbonyl (C=O) groups is 1. The lowest BCUT2D eigenvalue weighted by Gasteiger charge is -2.27. The quantitative estimate of drug-likeness (QED) is 0.793. The molecule has 7 heteroatoms. The summed E-state index contributed by atoms with van der Waals surface area (Å²) in [4.78, 5) is 26.9. The number of aromatic amines is 1. The zero-order valence-corrected chi connectivity index (χ0v) is 12.7. The molecule has 0 bridgehead atoms. The Kier molecular flexibility index (Phi) is 3.43. The first-order valence-corrected chi connectivity index (χ1v) is 7.15. The fourth-order valence-corrected chi connectivity index (χ4v) is 3.06. The molecule has 0 fully saturated rings. The van der Waals surface area contributed by atoms with Crippen LogP contribution in [0.2, 0.25) is 5.02 Å². The lowest BCUT2D eigenvalue weighted by molar-refractivity contribution is -0.116. The topological polar surface area (TPSA) is 66.9 Å². The van der Waals surface area contributed by atoms with Crippen LogP contribution in [0.3, 0.4) is 0 Å². The average Bonchev–Trinajstić information content (AvgIpc) is 2.44. The first kappa shape index (κ1) is 14.0. The van der Waals surface area contributed by atoms with Gasteiger partial charge in [-0.25, -0.2) is 0 Å². The Morgan fingerprint density at radius 3 is 2.76 bits per heavy atom. The van der Waals surface area contributed by atoms with E-state index in [2.05, 4.69) is 10.3 Å². The highest BCUT2D eigenvalue weighted by molar-refractivity contribution is 7.71. The number of rotatable bonds is 1. The Balaban J connectivity index is 2.31. The molecule has 2 aromatic rings. The second kappa shape index (κ2) is 5.13. The van der Waals surface area contributed by atoms with E-state index in [1.165, 1.54) is 0 Å². The number of halogens is 1. The van der Waals surface area contributed by atoms with Crippen molar-refractivity contribution in [3.8, 4) is 0 Å². The van der Waals surface area contributed by atoms with E-state index in [9.17, 15) is 9.59 Å². The number of amides is 1. The summed E-state index contributed by atoms with van der Waals surface area (Å²) in [5.74, 6) is -0.110. The minimum atomic E-state index is -0.381. The molecule has 2 N–H and O–H groups in total. The predicted octanol–water partition coefficient (Wildman–Crippen LogP) is 2.57. The van der Waals surface area contributed by atoms with Gasteiger partial charge in [-0.1, -0.05) is 29.8 Å². The van der Waals surface area contributed by atoms with Gasteiger partial charge in [0.25, 0.3) is 5.56 Å². The van der Waals surface area contributed by atoms with Gasteiger partial charge in [-0.2, -0.15) is 0 Å². The van der Waals surface area contributed by atoms with E-state index in [4.69, 9.17) is 23.8 Å². The Labute approximate surface area is 130 Å². The van der Waals surface area contributed by atoms with E-state index in [1.54, 1.807) is 17.7 Å². The van der Waals surface area contributed by atoms with E-state index in [1.807, 2.05) is 18.2 Å². The molecule has 5 nitrogen and oxygen atoms in total. The van der Waals surface area contributed by atoms with Gasteiger partial charge in [0.15, 0.2) is 4.77 Å². The molecule has 0 saturated heterocycles. The van der Waals surface area contributed by atoms with E-state index in [0.717, 1.165) is 5.56 Å². The van der Waals surface area contributed by atoms with Gasteiger partial charge in [-0.15, -0.1) is 0 Å². The fourth-order valence-electron chi connectivity index (χ4n) is 2.61. The Morgan fingerprint density at radius 1 is 1.33 bits per heavy atom. The number of aromatic nitrogens is 2. The van der Waals surface area contributed by atoms with Crippen molar-refractivity contribution in [2.45, 2.75) is 12.3 Å². The van der Waals surface area contributed by atoms with E-state index < -0.39 is 0 Å². The van der Waals surface area contributed by atoms with Crippen LogP contribution in [-0.2, 0) is 11.8 Å². The zero-order chi connectivity index (χ0) is 15.1. The van der Waals surface area contributed by atoms with Crippen LogP contribution in [-0.4, -0.2) is 15.5 Å². The summed E-state index contributed by atoms with van der Waals surface area (Å²) < 4.78 is 1.85. The van der Waals surface area contributed by atoms with Crippen LogP contribution in [0.1, 0.15) is 23.5 Å². The second-order valence-corrected chi connectivity index (χ2v) is 5.70. The lowest BCUT2D eigenvalue weighted by atomic mass is 9.87. The molecule has 21 heavy (non-hydrogen) atoms. The van der Waals surface area contributed by atoms with Crippen LogP contribution >= 0.6 is 23.8 Å². The SMILES string of the molecule is Cn1c2c(c(=O)[nH]c1=S)C(c1ccccc1Cl)CC(=O)N2. The number of carbonyl (C=O) groups excluding carboxylic acids is 1. The maximum atomic E-state index is 12.3. The molecule has 0 spiro atoms. The predicted molar refractivity (Wildman–Crippen MR) is 83.4 cm³/mol. The first-order chi connectivity index (χ1) is 9.99. The molecule has 108 valence electrons.